The van der Waals surface area contributed by atoms with E-state index >= 15 is 0 Å². The van der Waals surface area contributed by atoms with Crippen LogP contribution in [0.2, 0.25) is 0 Å². The summed E-state index contributed by atoms with van der Waals surface area (Å²) in [4.78, 5) is 12.3. The van der Waals surface area contributed by atoms with Crippen LogP contribution in [0.15, 0.2) is 36.4 Å². The predicted molar refractivity (Wildman–Crippen MR) is 93.4 cm³/mol. The Morgan fingerprint density at radius 3 is 2.75 bits per heavy atom. The van der Waals surface area contributed by atoms with E-state index in [1.807, 2.05) is 25.1 Å². The summed E-state index contributed by atoms with van der Waals surface area (Å²) < 4.78 is 10.7. The van der Waals surface area contributed by atoms with Gasteiger partial charge in [0.2, 0.25) is 12.7 Å². The third-order valence-electron chi connectivity index (χ3n) is 4.36. The second-order valence-corrected chi connectivity index (χ2v) is 6.34. The van der Waals surface area contributed by atoms with E-state index in [1.165, 1.54) is 16.7 Å². The number of nitrogens with one attached hydrogen (secondary N) is 1. The molecule has 1 amide bonds. The highest BCUT2D eigenvalue weighted by atomic mass is 16.7. The van der Waals surface area contributed by atoms with Crippen molar-refractivity contribution in [2.24, 2.45) is 0 Å². The average Bonchev–Trinajstić information content (AvgIpc) is 3.02. The third kappa shape index (κ3) is 3.70. The molecule has 0 saturated heterocycles. The van der Waals surface area contributed by atoms with Crippen LogP contribution in [-0.4, -0.2) is 12.7 Å². The van der Waals surface area contributed by atoms with Gasteiger partial charge in [-0.3, -0.25) is 4.79 Å². The molecule has 1 atom stereocenters. The summed E-state index contributed by atoms with van der Waals surface area (Å²) in [5.74, 6) is 1.59. The summed E-state index contributed by atoms with van der Waals surface area (Å²) >= 11 is 0. The molecule has 0 aromatic heterocycles. The van der Waals surface area contributed by atoms with Crippen LogP contribution in [0.25, 0.3) is 0 Å². The van der Waals surface area contributed by atoms with E-state index < -0.39 is 0 Å². The highest BCUT2D eigenvalue weighted by molar-refractivity contribution is 5.76. The van der Waals surface area contributed by atoms with Gasteiger partial charge in [0, 0.05) is 6.42 Å². The number of benzene rings is 2. The lowest BCUT2D eigenvalue weighted by Gasteiger charge is -2.17. The summed E-state index contributed by atoms with van der Waals surface area (Å²) in [6.07, 6.45) is 1.14. The number of fused-ring (bicyclic) bond motifs is 1. The van der Waals surface area contributed by atoms with Crippen molar-refractivity contribution in [3.8, 4) is 11.5 Å². The average molecular weight is 325 g/mol. The highest BCUT2D eigenvalue weighted by Gasteiger charge is 2.15. The SMILES string of the molecule is Cc1ccc(C)c([C@@H](C)NC(=O)CCc2ccc3c(c2)OCO3)c1. The standard InChI is InChI=1S/C20H23NO3/c1-13-4-5-14(2)17(10-13)15(3)21-20(22)9-7-16-6-8-18-19(11-16)24-12-23-18/h4-6,8,10-11,15H,7,9,12H2,1-3H3,(H,21,22)/t15-/m1/s1. The molecule has 1 aliphatic heterocycles. The van der Waals surface area contributed by atoms with E-state index in [-0.39, 0.29) is 18.7 Å². The topological polar surface area (TPSA) is 47.6 Å². The summed E-state index contributed by atoms with van der Waals surface area (Å²) in [5, 5.41) is 3.09. The van der Waals surface area contributed by atoms with Gasteiger partial charge in [-0.2, -0.15) is 0 Å². The fraction of sp³-hybridized carbons (Fsp3) is 0.350. The molecule has 0 spiro atoms. The lowest BCUT2D eigenvalue weighted by molar-refractivity contribution is -0.121. The Morgan fingerprint density at radius 2 is 1.92 bits per heavy atom. The van der Waals surface area contributed by atoms with Gasteiger partial charge in [0.15, 0.2) is 11.5 Å². The number of ether oxygens (including phenoxy) is 2. The largest absolute Gasteiger partial charge is 0.454 e. The first kappa shape index (κ1) is 16.4. The lowest BCUT2D eigenvalue weighted by atomic mass is 9.99. The van der Waals surface area contributed by atoms with Gasteiger partial charge in [-0.05, 0) is 56.0 Å². The molecule has 0 bridgehead atoms. The van der Waals surface area contributed by atoms with Crippen LogP contribution < -0.4 is 14.8 Å². The van der Waals surface area contributed by atoms with E-state index in [4.69, 9.17) is 9.47 Å². The van der Waals surface area contributed by atoms with Gasteiger partial charge in [-0.15, -0.1) is 0 Å². The van der Waals surface area contributed by atoms with Crippen molar-refractivity contribution in [1.29, 1.82) is 0 Å². The number of amides is 1. The number of hydrogen-bond acceptors (Lipinski definition) is 3. The molecule has 3 rings (SSSR count). The normalized spacial score (nSPS) is 13.6. The molecule has 0 radical (unpaired) electrons. The minimum atomic E-state index is 0.00848. The van der Waals surface area contributed by atoms with Gasteiger partial charge < -0.3 is 14.8 Å². The molecule has 0 saturated carbocycles. The first-order valence-corrected chi connectivity index (χ1v) is 8.28. The fourth-order valence-electron chi connectivity index (χ4n) is 2.97. The smallest absolute Gasteiger partial charge is 0.231 e. The predicted octanol–water partition coefficient (Wildman–Crippen LogP) is 3.84. The molecular weight excluding hydrogens is 302 g/mol. The maximum absolute atomic E-state index is 12.3. The number of hydrogen-bond donors (Lipinski definition) is 1. The van der Waals surface area contributed by atoms with Gasteiger partial charge in [0.05, 0.1) is 6.04 Å². The van der Waals surface area contributed by atoms with E-state index in [0.29, 0.717) is 12.8 Å². The van der Waals surface area contributed by atoms with E-state index in [9.17, 15) is 4.79 Å². The second kappa shape index (κ2) is 6.95. The molecule has 1 heterocycles. The zero-order chi connectivity index (χ0) is 17.1. The highest BCUT2D eigenvalue weighted by Crippen LogP contribution is 2.32. The quantitative estimate of drug-likeness (QED) is 0.908. The van der Waals surface area contributed by atoms with Gasteiger partial charge in [0.25, 0.3) is 0 Å². The maximum atomic E-state index is 12.3. The van der Waals surface area contributed by atoms with Crippen molar-refractivity contribution in [3.05, 3.63) is 58.7 Å². The molecule has 4 nitrogen and oxygen atoms in total. The zero-order valence-electron chi connectivity index (χ0n) is 14.4. The van der Waals surface area contributed by atoms with Crippen LogP contribution >= 0.6 is 0 Å². The van der Waals surface area contributed by atoms with Crippen LogP contribution in [0.4, 0.5) is 0 Å². The summed E-state index contributed by atoms with van der Waals surface area (Å²) in [6, 6.07) is 12.2. The number of carbonyl (C=O) groups is 1. The molecule has 1 aliphatic rings. The molecule has 1 N–H and O–H groups in total. The Hall–Kier alpha value is -2.49. The van der Waals surface area contributed by atoms with Crippen molar-refractivity contribution in [3.63, 3.8) is 0 Å². The molecule has 2 aromatic carbocycles. The molecular formula is C20H23NO3. The molecule has 4 heteroatoms. The first-order valence-electron chi connectivity index (χ1n) is 8.28. The van der Waals surface area contributed by atoms with E-state index in [2.05, 4.69) is 37.4 Å². The van der Waals surface area contributed by atoms with Crippen LogP contribution in [0.1, 0.15) is 41.6 Å². The molecule has 2 aromatic rings. The van der Waals surface area contributed by atoms with Crippen molar-refractivity contribution in [2.75, 3.05) is 6.79 Å². The molecule has 126 valence electrons. The Kier molecular flexibility index (Phi) is 4.74. The first-order chi connectivity index (χ1) is 11.5. The van der Waals surface area contributed by atoms with Gasteiger partial charge in [-0.25, -0.2) is 0 Å². The van der Waals surface area contributed by atoms with Crippen molar-refractivity contribution in [1.82, 2.24) is 5.32 Å². The minimum Gasteiger partial charge on any atom is -0.454 e. The molecule has 0 aliphatic carbocycles. The number of carbonyl (C=O) groups excluding carboxylic acids is 1. The van der Waals surface area contributed by atoms with Gasteiger partial charge >= 0.3 is 0 Å². The third-order valence-corrected chi connectivity index (χ3v) is 4.36. The van der Waals surface area contributed by atoms with Crippen LogP contribution in [0, 0.1) is 13.8 Å². The van der Waals surface area contributed by atoms with Crippen molar-refractivity contribution >= 4 is 5.91 Å². The monoisotopic (exact) mass is 325 g/mol. The Bertz CT molecular complexity index is 755. The van der Waals surface area contributed by atoms with Crippen LogP contribution in [-0.2, 0) is 11.2 Å². The maximum Gasteiger partial charge on any atom is 0.231 e. The summed E-state index contributed by atoms with van der Waals surface area (Å²) in [7, 11) is 0. The Balaban J connectivity index is 1.56. The van der Waals surface area contributed by atoms with E-state index in [1.54, 1.807) is 0 Å². The van der Waals surface area contributed by atoms with E-state index in [0.717, 1.165) is 17.1 Å². The zero-order valence-corrected chi connectivity index (χ0v) is 14.4. The Labute approximate surface area is 142 Å². The summed E-state index contributed by atoms with van der Waals surface area (Å²) in [5.41, 5.74) is 4.65. The molecule has 24 heavy (non-hydrogen) atoms. The van der Waals surface area contributed by atoms with Crippen LogP contribution in [0.5, 0.6) is 11.5 Å². The Morgan fingerprint density at radius 1 is 1.12 bits per heavy atom. The second-order valence-electron chi connectivity index (χ2n) is 6.34. The summed E-state index contributed by atoms with van der Waals surface area (Å²) in [6.45, 7) is 6.44. The van der Waals surface area contributed by atoms with Crippen molar-refractivity contribution < 1.29 is 14.3 Å². The lowest BCUT2D eigenvalue weighted by Crippen LogP contribution is -2.27. The minimum absolute atomic E-state index is 0.00848. The van der Waals surface area contributed by atoms with Gasteiger partial charge in [0.1, 0.15) is 0 Å². The fourth-order valence-corrected chi connectivity index (χ4v) is 2.97. The number of rotatable bonds is 5. The number of aryl methyl sites for hydroxylation is 3. The molecule has 0 unspecified atom stereocenters. The molecule has 0 fully saturated rings. The van der Waals surface area contributed by atoms with Crippen LogP contribution in [0.3, 0.4) is 0 Å². The van der Waals surface area contributed by atoms with Crippen molar-refractivity contribution in [2.45, 2.75) is 39.7 Å². The van der Waals surface area contributed by atoms with Gasteiger partial charge in [-0.1, -0.05) is 29.8 Å².